The summed E-state index contributed by atoms with van der Waals surface area (Å²) >= 11 is 1.08. The van der Waals surface area contributed by atoms with Gasteiger partial charge in [0.15, 0.2) is 0 Å². The van der Waals surface area contributed by atoms with E-state index in [2.05, 4.69) is 0 Å². The lowest BCUT2D eigenvalue weighted by Gasteiger charge is -2.44. The Morgan fingerprint density at radius 1 is 0.571 bits per heavy atom. The third-order valence-corrected chi connectivity index (χ3v) is 13.8. The quantitative estimate of drug-likeness (QED) is 0.160. The number of hydrogen-bond acceptors (Lipinski definition) is 4. The van der Waals surface area contributed by atoms with Crippen molar-refractivity contribution < 1.29 is 28.8 Å². The number of hydrogen-bond donors (Lipinski definition) is 0. The van der Waals surface area contributed by atoms with Crippen LogP contribution in [0.15, 0.2) is 151 Å². The van der Waals surface area contributed by atoms with Crippen molar-refractivity contribution in [2.45, 2.75) is 79.6 Å². The highest BCUT2D eigenvalue weighted by molar-refractivity contribution is 7.26. The van der Waals surface area contributed by atoms with Crippen LogP contribution < -0.4 is 31.1 Å². The number of para-hydroxylation sites is 2. The third-order valence-electron chi connectivity index (χ3n) is 12.6. The molecule has 0 amide bonds. The second-order valence-electron chi connectivity index (χ2n) is 19.6. The first kappa shape index (κ1) is 22.5. The summed E-state index contributed by atoms with van der Waals surface area (Å²) in [6.45, 7) is 12.1. The number of nitrogens with zero attached hydrogens (tertiary/aromatic N) is 3. The summed E-state index contributed by atoms with van der Waals surface area (Å²) in [5.41, 5.74) is -1.05. The maximum atomic E-state index is 10.5. The van der Waals surface area contributed by atoms with Crippen LogP contribution in [0.1, 0.15) is 105 Å². The lowest BCUT2D eigenvalue weighted by Crippen LogP contribution is -2.61. The molecular weight excluding hydrogens is 782 g/mol. The molecule has 12 rings (SSSR count). The lowest BCUT2D eigenvalue weighted by atomic mass is 9.33. The zero-order valence-electron chi connectivity index (χ0n) is 57.0. The van der Waals surface area contributed by atoms with Gasteiger partial charge in [0.1, 0.15) is 0 Å². The minimum absolute atomic E-state index is 0.0179. The SMILES string of the molecule is [2H]c1cc2sc3c(c2cc1[2H])B1c2c(cc(N(c4c([2H])c([2H])c([2H])c([2H])c4[2H])c4c([2H])c([2H])c([2H])c([2H])c4[2H])cc2N(c2c([2H])c([2H])c4c(c2[2H])CC(C)(C)C4)c2c([2H])c4c(c([2H])c21)CC(C)(C)C4)N3c1c([2H])c([2H])c(C(C)(C)C)c([2H])c1[2H]. The Bertz CT molecular complexity index is 4220. The zero-order valence-corrected chi connectivity index (χ0v) is 36.8. The highest BCUT2D eigenvalue weighted by Gasteiger charge is 2.47. The highest BCUT2D eigenvalue weighted by Crippen LogP contribution is 2.52. The van der Waals surface area contributed by atoms with Crippen LogP contribution in [0.2, 0.25) is 0 Å². The maximum absolute atomic E-state index is 10.5. The fraction of sp³-hybridized carbons (Fsp3) is 0.241. The summed E-state index contributed by atoms with van der Waals surface area (Å²) in [5.74, 6) is 0. The first-order valence-corrected chi connectivity index (χ1v) is 22.0. The molecule has 1 aromatic heterocycles. The van der Waals surface area contributed by atoms with Crippen LogP contribution in [0.25, 0.3) is 10.1 Å². The normalized spacial score (nSPS) is 21.1. The van der Waals surface area contributed by atoms with E-state index in [1.54, 1.807) is 20.8 Å². The summed E-state index contributed by atoms with van der Waals surface area (Å²) in [5, 5.41) is 0.633. The first-order valence-electron chi connectivity index (χ1n) is 31.7. The molecule has 5 heteroatoms. The van der Waals surface area contributed by atoms with Gasteiger partial charge in [-0.05, 0) is 164 Å². The van der Waals surface area contributed by atoms with Gasteiger partial charge < -0.3 is 14.7 Å². The molecule has 8 aromatic rings. The Labute approximate surface area is 407 Å². The van der Waals surface area contributed by atoms with Gasteiger partial charge in [0.2, 0.25) is 0 Å². The second-order valence-corrected chi connectivity index (χ2v) is 20.7. The molecule has 0 radical (unpaired) electrons. The fourth-order valence-corrected chi connectivity index (χ4v) is 11.2. The summed E-state index contributed by atoms with van der Waals surface area (Å²) in [7, 11) is 0. The Balaban J connectivity index is 1.37. The number of thiophene rings is 1. The number of rotatable bonds is 5. The minimum Gasteiger partial charge on any atom is -0.311 e. The molecule has 0 saturated carbocycles. The van der Waals surface area contributed by atoms with Gasteiger partial charge in [0, 0.05) is 44.5 Å². The Morgan fingerprint density at radius 2 is 1.14 bits per heavy atom. The van der Waals surface area contributed by atoms with Crippen LogP contribution >= 0.6 is 11.3 Å². The van der Waals surface area contributed by atoms with Crippen LogP contribution in [0.5, 0.6) is 0 Å². The van der Waals surface area contributed by atoms with Crippen molar-refractivity contribution in [2.24, 2.45) is 10.8 Å². The number of anilines is 9. The summed E-state index contributed by atoms with van der Waals surface area (Å²) < 4.78 is 200. The molecular formula is C58H54BN3S. The molecule has 0 saturated heterocycles. The molecule has 3 heterocycles. The van der Waals surface area contributed by atoms with Gasteiger partial charge in [-0.25, -0.2) is 0 Å². The average molecular weight is 857 g/mol. The van der Waals surface area contributed by atoms with Crippen LogP contribution in [0, 0.1) is 10.8 Å². The van der Waals surface area contributed by atoms with Gasteiger partial charge in [-0.3, -0.25) is 0 Å². The van der Waals surface area contributed by atoms with E-state index in [1.165, 1.54) is 34.1 Å². The van der Waals surface area contributed by atoms with Crippen molar-refractivity contribution in [1.29, 1.82) is 0 Å². The smallest absolute Gasteiger partial charge is 0.254 e. The van der Waals surface area contributed by atoms with Crippen molar-refractivity contribution in [3.63, 3.8) is 0 Å². The van der Waals surface area contributed by atoms with E-state index >= 15 is 0 Å². The molecule has 2 aliphatic carbocycles. The third kappa shape index (κ3) is 6.21. The van der Waals surface area contributed by atoms with Crippen LogP contribution in [-0.2, 0) is 31.1 Å². The number of benzene rings is 7. The van der Waals surface area contributed by atoms with Crippen molar-refractivity contribution in [3.8, 4) is 0 Å². The monoisotopic (exact) mass is 857 g/mol. The number of fused-ring (bicyclic) bond motifs is 8. The molecule has 4 aliphatic rings. The summed E-state index contributed by atoms with van der Waals surface area (Å²) in [6.07, 6.45) is 1.39. The van der Waals surface area contributed by atoms with Gasteiger partial charge in [0.05, 0.1) is 39.5 Å². The Morgan fingerprint density at radius 3 is 1.79 bits per heavy atom. The Kier molecular flexibility index (Phi) is 4.91. The lowest BCUT2D eigenvalue weighted by molar-refractivity contribution is 0.392. The molecule has 63 heavy (non-hydrogen) atoms. The van der Waals surface area contributed by atoms with Crippen LogP contribution in [0.4, 0.5) is 50.5 Å². The van der Waals surface area contributed by atoms with Crippen LogP contribution in [-0.4, -0.2) is 6.71 Å². The molecule has 7 aromatic carbocycles. The molecule has 0 fully saturated rings. The molecule has 2 aliphatic heterocycles. The summed E-state index contributed by atoms with van der Waals surface area (Å²) in [6, 6.07) is -5.56. The van der Waals surface area contributed by atoms with Gasteiger partial charge in [-0.15, -0.1) is 11.3 Å². The standard InChI is InChI=1S/C58H54BN3S/c1-56(2,3)41-23-26-44(27-24-41)62-51-32-46(60(42-16-10-8-11-17-42)43-18-12-9-13-19-43)31-50-54(51)59(53-47-20-14-15-21-52(47)63-55(53)62)48-29-39-35-58(6,7)36-40(39)30-49(48)61(50)45-25-22-37-33-57(4,5)34-38(37)28-45/h8-32H,33-36H2,1-7H3/i8D,9D,10D,11D,12D,13D,14D,15D,16D,17D,18D,19D,22D,23D,24D,25D,26D,27D,28D,29D,30D. The molecule has 3 nitrogen and oxygen atoms in total. The Hall–Kier alpha value is -6.04. The molecule has 310 valence electrons. The molecule has 0 bridgehead atoms. The molecule has 0 atom stereocenters. The second kappa shape index (κ2) is 13.7. The predicted octanol–water partition coefficient (Wildman–Crippen LogP) is 14.0. The first-order chi connectivity index (χ1) is 39.0. The van der Waals surface area contributed by atoms with Crippen molar-refractivity contribution in [1.82, 2.24) is 0 Å². The minimum atomic E-state index is -1.18. The topological polar surface area (TPSA) is 9.72 Å². The van der Waals surface area contributed by atoms with E-state index in [-0.39, 0.29) is 91.9 Å². The largest absolute Gasteiger partial charge is 0.311 e. The van der Waals surface area contributed by atoms with Gasteiger partial charge in [0.25, 0.3) is 6.71 Å². The predicted molar refractivity (Wildman–Crippen MR) is 272 cm³/mol. The summed E-state index contributed by atoms with van der Waals surface area (Å²) in [4.78, 5) is 3.89. The van der Waals surface area contributed by atoms with E-state index in [4.69, 9.17) is 11.0 Å². The zero-order chi connectivity index (χ0) is 61.3. The highest BCUT2D eigenvalue weighted by atomic mass is 32.1. The molecule has 0 spiro atoms. The average Bonchev–Trinajstić information content (AvgIpc) is 3.14. The van der Waals surface area contributed by atoms with E-state index < -0.39 is 125 Å². The molecule has 0 N–H and O–H groups in total. The fourth-order valence-electron chi connectivity index (χ4n) is 9.96. The molecule has 0 unspecified atom stereocenters. The van der Waals surface area contributed by atoms with Gasteiger partial charge in [-0.2, -0.15) is 0 Å². The van der Waals surface area contributed by atoms with Crippen molar-refractivity contribution >= 4 is 95.0 Å². The van der Waals surface area contributed by atoms with Gasteiger partial charge in [-0.1, -0.05) is 127 Å². The van der Waals surface area contributed by atoms with E-state index in [1.807, 2.05) is 27.7 Å². The van der Waals surface area contributed by atoms with E-state index in [0.29, 0.717) is 63.5 Å². The van der Waals surface area contributed by atoms with Crippen molar-refractivity contribution in [2.75, 3.05) is 14.7 Å². The van der Waals surface area contributed by atoms with Crippen molar-refractivity contribution in [3.05, 3.63) is 179 Å². The van der Waals surface area contributed by atoms with E-state index in [9.17, 15) is 17.8 Å². The maximum Gasteiger partial charge on any atom is 0.254 e. The van der Waals surface area contributed by atoms with Crippen LogP contribution in [0.3, 0.4) is 0 Å². The van der Waals surface area contributed by atoms with E-state index in [0.717, 1.165) is 16.2 Å². The van der Waals surface area contributed by atoms with Gasteiger partial charge >= 0.3 is 0 Å².